The van der Waals surface area contributed by atoms with Gasteiger partial charge in [0.2, 0.25) is 0 Å². The van der Waals surface area contributed by atoms with Gasteiger partial charge in [-0.05, 0) is 48.9 Å². The van der Waals surface area contributed by atoms with Crippen LogP contribution in [0.15, 0.2) is 53.0 Å². The standard InChI is InChI=1S/C18H14BrClFNO3/c1-11(18(24)22-16-8-7-14(21)10-15(16)20)25-17(23)9-4-12-2-5-13(19)6-3-12/h2-11H,1H3,(H,22,24)/b9-4+. The molecule has 1 unspecified atom stereocenters. The molecule has 4 nitrogen and oxygen atoms in total. The summed E-state index contributed by atoms with van der Waals surface area (Å²) in [5, 5.41) is 2.54. The van der Waals surface area contributed by atoms with Crippen molar-refractivity contribution in [3.8, 4) is 0 Å². The Morgan fingerprint density at radius 3 is 2.56 bits per heavy atom. The van der Waals surface area contributed by atoms with Crippen LogP contribution in [0.25, 0.3) is 6.08 Å². The summed E-state index contributed by atoms with van der Waals surface area (Å²) in [6.07, 6.45) is 1.77. The molecule has 1 amide bonds. The number of anilines is 1. The van der Waals surface area contributed by atoms with Crippen molar-refractivity contribution in [1.82, 2.24) is 0 Å². The maximum Gasteiger partial charge on any atom is 0.331 e. The van der Waals surface area contributed by atoms with Crippen molar-refractivity contribution < 1.29 is 18.7 Å². The average Bonchev–Trinajstić information content (AvgIpc) is 2.56. The number of esters is 1. The highest BCUT2D eigenvalue weighted by molar-refractivity contribution is 9.10. The van der Waals surface area contributed by atoms with E-state index < -0.39 is 23.8 Å². The molecule has 0 aliphatic heterocycles. The molecule has 0 spiro atoms. The van der Waals surface area contributed by atoms with Gasteiger partial charge in [-0.2, -0.15) is 0 Å². The van der Waals surface area contributed by atoms with Gasteiger partial charge in [0.1, 0.15) is 5.82 Å². The molecule has 0 saturated carbocycles. The molecule has 0 saturated heterocycles. The number of carbonyl (C=O) groups excluding carboxylic acids is 2. The van der Waals surface area contributed by atoms with Gasteiger partial charge in [0.25, 0.3) is 5.91 Å². The molecule has 0 heterocycles. The number of hydrogen-bond donors (Lipinski definition) is 1. The lowest BCUT2D eigenvalue weighted by molar-refractivity contribution is -0.148. The maximum absolute atomic E-state index is 13.0. The molecular formula is C18H14BrClFNO3. The molecule has 7 heteroatoms. The van der Waals surface area contributed by atoms with Crippen LogP contribution < -0.4 is 5.32 Å². The molecule has 0 bridgehead atoms. The molecule has 0 radical (unpaired) electrons. The van der Waals surface area contributed by atoms with Crippen molar-refractivity contribution in [2.24, 2.45) is 0 Å². The molecule has 2 rings (SSSR count). The van der Waals surface area contributed by atoms with Gasteiger partial charge in [-0.25, -0.2) is 9.18 Å². The van der Waals surface area contributed by atoms with E-state index in [1.165, 1.54) is 25.1 Å². The smallest absolute Gasteiger partial charge is 0.331 e. The van der Waals surface area contributed by atoms with E-state index in [0.717, 1.165) is 16.1 Å². The van der Waals surface area contributed by atoms with Crippen molar-refractivity contribution in [3.05, 3.63) is 69.4 Å². The van der Waals surface area contributed by atoms with Crippen LogP contribution >= 0.6 is 27.5 Å². The SMILES string of the molecule is CC(OC(=O)/C=C/c1ccc(Br)cc1)C(=O)Nc1ccc(F)cc1Cl. The first-order chi connectivity index (χ1) is 11.8. The van der Waals surface area contributed by atoms with Crippen LogP contribution in [0.3, 0.4) is 0 Å². The van der Waals surface area contributed by atoms with Crippen molar-refractivity contribution in [2.45, 2.75) is 13.0 Å². The molecule has 1 N–H and O–H groups in total. The Morgan fingerprint density at radius 2 is 1.92 bits per heavy atom. The van der Waals surface area contributed by atoms with Gasteiger partial charge in [-0.1, -0.05) is 39.7 Å². The van der Waals surface area contributed by atoms with Gasteiger partial charge in [0, 0.05) is 10.5 Å². The normalized spacial score (nSPS) is 12.0. The molecule has 2 aromatic carbocycles. The zero-order valence-corrected chi connectivity index (χ0v) is 15.5. The molecule has 2 aromatic rings. The predicted molar refractivity (Wildman–Crippen MR) is 98.8 cm³/mol. The summed E-state index contributed by atoms with van der Waals surface area (Å²) in [6.45, 7) is 1.43. The largest absolute Gasteiger partial charge is 0.449 e. The third kappa shape index (κ3) is 5.99. The Kier molecular flexibility index (Phi) is 6.73. The van der Waals surface area contributed by atoms with E-state index in [0.29, 0.717) is 0 Å². The van der Waals surface area contributed by atoms with E-state index >= 15 is 0 Å². The zero-order valence-electron chi connectivity index (χ0n) is 13.1. The van der Waals surface area contributed by atoms with Crippen LogP contribution in [0.5, 0.6) is 0 Å². The lowest BCUT2D eigenvalue weighted by Crippen LogP contribution is -2.29. The van der Waals surface area contributed by atoms with Gasteiger partial charge in [0.15, 0.2) is 6.10 Å². The monoisotopic (exact) mass is 425 g/mol. The second-order valence-electron chi connectivity index (χ2n) is 5.08. The van der Waals surface area contributed by atoms with Crippen molar-refractivity contribution in [3.63, 3.8) is 0 Å². The second-order valence-corrected chi connectivity index (χ2v) is 6.40. The first-order valence-corrected chi connectivity index (χ1v) is 8.42. The van der Waals surface area contributed by atoms with E-state index in [1.807, 2.05) is 24.3 Å². The fourth-order valence-corrected chi connectivity index (χ4v) is 2.31. The summed E-state index contributed by atoms with van der Waals surface area (Å²) in [5.41, 5.74) is 1.05. The molecule has 0 fully saturated rings. The number of benzene rings is 2. The number of ether oxygens (including phenoxy) is 1. The van der Waals surface area contributed by atoms with E-state index in [9.17, 15) is 14.0 Å². The van der Waals surface area contributed by atoms with Gasteiger partial charge in [-0.15, -0.1) is 0 Å². The zero-order chi connectivity index (χ0) is 18.4. The summed E-state index contributed by atoms with van der Waals surface area (Å²) >= 11 is 9.16. The Morgan fingerprint density at radius 1 is 1.24 bits per heavy atom. The van der Waals surface area contributed by atoms with E-state index in [-0.39, 0.29) is 10.7 Å². The fourth-order valence-electron chi connectivity index (χ4n) is 1.83. The first-order valence-electron chi connectivity index (χ1n) is 7.25. The van der Waals surface area contributed by atoms with Crippen LogP contribution in [-0.4, -0.2) is 18.0 Å². The maximum atomic E-state index is 13.0. The summed E-state index contributed by atoms with van der Waals surface area (Å²) in [4.78, 5) is 23.8. The lowest BCUT2D eigenvalue weighted by Gasteiger charge is -2.13. The number of nitrogens with one attached hydrogen (secondary N) is 1. The Balaban J connectivity index is 1.91. The highest BCUT2D eigenvalue weighted by atomic mass is 79.9. The van der Waals surface area contributed by atoms with Crippen LogP contribution in [0.1, 0.15) is 12.5 Å². The molecule has 25 heavy (non-hydrogen) atoms. The topological polar surface area (TPSA) is 55.4 Å². The summed E-state index contributed by atoms with van der Waals surface area (Å²) in [7, 11) is 0. The van der Waals surface area contributed by atoms with Gasteiger partial charge in [-0.3, -0.25) is 4.79 Å². The van der Waals surface area contributed by atoms with Crippen LogP contribution in [0, 0.1) is 5.82 Å². The van der Waals surface area contributed by atoms with Gasteiger partial charge in [0.05, 0.1) is 10.7 Å². The quantitative estimate of drug-likeness (QED) is 0.550. The molecule has 0 aliphatic rings. The minimum atomic E-state index is -1.04. The van der Waals surface area contributed by atoms with Gasteiger partial charge < -0.3 is 10.1 Å². The first kappa shape index (κ1) is 19.1. The second kappa shape index (κ2) is 8.78. The third-order valence-electron chi connectivity index (χ3n) is 3.13. The average molecular weight is 427 g/mol. The predicted octanol–water partition coefficient (Wildman–Crippen LogP) is 4.83. The fraction of sp³-hybridized carbons (Fsp3) is 0.111. The summed E-state index contributed by atoms with van der Waals surface area (Å²) in [6, 6.07) is 10.9. The minimum Gasteiger partial charge on any atom is -0.449 e. The van der Waals surface area contributed by atoms with Gasteiger partial charge >= 0.3 is 5.97 Å². The molecule has 1 atom stereocenters. The number of amides is 1. The number of rotatable bonds is 5. The number of halogens is 3. The lowest BCUT2D eigenvalue weighted by atomic mass is 10.2. The highest BCUT2D eigenvalue weighted by Crippen LogP contribution is 2.22. The van der Waals surface area contributed by atoms with E-state index in [1.54, 1.807) is 6.08 Å². The highest BCUT2D eigenvalue weighted by Gasteiger charge is 2.17. The van der Waals surface area contributed by atoms with Crippen molar-refractivity contribution in [1.29, 1.82) is 0 Å². The van der Waals surface area contributed by atoms with E-state index in [4.69, 9.17) is 16.3 Å². The molecule has 0 aliphatic carbocycles. The Bertz CT molecular complexity index is 808. The summed E-state index contributed by atoms with van der Waals surface area (Å²) in [5.74, 6) is -1.74. The van der Waals surface area contributed by atoms with Crippen LogP contribution in [0.4, 0.5) is 10.1 Å². The molecule has 0 aromatic heterocycles. The molecular weight excluding hydrogens is 413 g/mol. The van der Waals surface area contributed by atoms with E-state index in [2.05, 4.69) is 21.2 Å². The number of hydrogen-bond acceptors (Lipinski definition) is 3. The Hall–Kier alpha value is -2.18. The van der Waals surface area contributed by atoms with Crippen molar-refractivity contribution in [2.75, 3.05) is 5.32 Å². The number of carbonyl (C=O) groups is 2. The van der Waals surface area contributed by atoms with Crippen LogP contribution in [0.2, 0.25) is 5.02 Å². The third-order valence-corrected chi connectivity index (χ3v) is 3.97. The van der Waals surface area contributed by atoms with Crippen LogP contribution in [-0.2, 0) is 14.3 Å². The molecule has 130 valence electrons. The Labute approximate surface area is 157 Å². The summed E-state index contributed by atoms with van der Waals surface area (Å²) < 4.78 is 18.9. The minimum absolute atomic E-state index is 0.0574. The van der Waals surface area contributed by atoms with Crippen molar-refractivity contribution >= 4 is 51.2 Å².